The number of halogens is 1. The Hall–Kier alpha value is -1.75. The Balaban J connectivity index is 1.75. The van der Waals surface area contributed by atoms with Crippen molar-refractivity contribution in [2.24, 2.45) is 0 Å². The Kier molecular flexibility index (Phi) is 4.00. The van der Waals surface area contributed by atoms with Crippen LogP contribution in [0, 0.1) is 5.82 Å². The molecule has 0 N–H and O–H groups in total. The van der Waals surface area contributed by atoms with Crippen LogP contribution in [0.5, 0.6) is 0 Å². The van der Waals surface area contributed by atoms with Crippen LogP contribution >= 0.6 is 0 Å². The van der Waals surface area contributed by atoms with E-state index >= 15 is 0 Å². The summed E-state index contributed by atoms with van der Waals surface area (Å²) in [5.74, 6) is 1.18. The van der Waals surface area contributed by atoms with Crippen molar-refractivity contribution >= 4 is 0 Å². The van der Waals surface area contributed by atoms with Gasteiger partial charge in [-0.1, -0.05) is 38.1 Å². The van der Waals surface area contributed by atoms with Gasteiger partial charge in [0.2, 0.25) is 5.89 Å². The van der Waals surface area contributed by atoms with Gasteiger partial charge in [0.25, 0.3) is 0 Å². The Morgan fingerprint density at radius 3 is 2.86 bits per heavy atom. The summed E-state index contributed by atoms with van der Waals surface area (Å²) in [4.78, 5) is 6.79. The Morgan fingerprint density at radius 1 is 1.36 bits per heavy atom. The van der Waals surface area contributed by atoms with Crippen molar-refractivity contribution in [3.63, 3.8) is 0 Å². The average molecular weight is 303 g/mol. The van der Waals surface area contributed by atoms with E-state index in [0.717, 1.165) is 24.9 Å². The molecule has 2 heterocycles. The maximum Gasteiger partial charge on any atom is 0.232 e. The van der Waals surface area contributed by atoms with E-state index in [9.17, 15) is 4.39 Å². The fourth-order valence-electron chi connectivity index (χ4n) is 2.91. The van der Waals surface area contributed by atoms with Gasteiger partial charge in [-0.25, -0.2) is 4.39 Å². The van der Waals surface area contributed by atoms with Crippen LogP contribution in [0.2, 0.25) is 0 Å². The topological polar surface area (TPSA) is 42.2 Å². The van der Waals surface area contributed by atoms with Crippen molar-refractivity contribution in [3.05, 3.63) is 47.4 Å². The molecular weight excluding hydrogens is 281 g/mol. The van der Waals surface area contributed by atoms with Crippen LogP contribution in [-0.4, -0.2) is 21.6 Å². The van der Waals surface area contributed by atoms with E-state index in [1.807, 2.05) is 6.07 Å². The molecule has 1 unspecified atom stereocenters. The van der Waals surface area contributed by atoms with Gasteiger partial charge in [-0.3, -0.25) is 4.90 Å². The summed E-state index contributed by atoms with van der Waals surface area (Å²) in [6, 6.07) is 7.10. The predicted molar refractivity (Wildman–Crippen MR) is 81.8 cm³/mol. The number of aromatic nitrogens is 2. The third-order valence-corrected chi connectivity index (χ3v) is 4.05. The van der Waals surface area contributed by atoms with Crippen LogP contribution in [0.3, 0.4) is 0 Å². The molecule has 0 radical (unpaired) electrons. The van der Waals surface area contributed by atoms with E-state index in [1.165, 1.54) is 6.07 Å². The predicted octanol–water partition coefficient (Wildman–Crippen LogP) is 3.84. The Morgan fingerprint density at radius 2 is 2.18 bits per heavy atom. The maximum atomic E-state index is 13.5. The van der Waals surface area contributed by atoms with Gasteiger partial charge in [-0.15, -0.1) is 0 Å². The van der Waals surface area contributed by atoms with E-state index in [0.29, 0.717) is 18.3 Å². The standard InChI is InChI=1S/C17H22FN3O/c1-17(2,3)16-19-15(20-22-16)11-21-9-5-8-14(21)12-6-4-7-13(18)10-12/h4,6-7,10,14H,5,8-9,11H2,1-3H3. The molecule has 1 atom stereocenters. The molecule has 118 valence electrons. The summed E-state index contributed by atoms with van der Waals surface area (Å²) in [6.07, 6.45) is 2.14. The zero-order valence-electron chi connectivity index (χ0n) is 13.3. The van der Waals surface area contributed by atoms with Crippen LogP contribution in [-0.2, 0) is 12.0 Å². The minimum absolute atomic E-state index is 0.141. The minimum atomic E-state index is -0.182. The molecule has 1 aromatic carbocycles. The molecule has 4 nitrogen and oxygen atoms in total. The molecule has 2 aromatic rings. The SMILES string of the molecule is CC(C)(C)c1nc(CN2CCCC2c2cccc(F)c2)no1. The van der Waals surface area contributed by atoms with Crippen LogP contribution < -0.4 is 0 Å². The number of likely N-dealkylation sites (tertiary alicyclic amines) is 1. The van der Waals surface area contributed by atoms with Gasteiger partial charge in [-0.2, -0.15) is 4.98 Å². The van der Waals surface area contributed by atoms with Gasteiger partial charge in [0.05, 0.1) is 6.54 Å². The molecule has 0 saturated carbocycles. The molecular formula is C17H22FN3O. The lowest BCUT2D eigenvalue weighted by Crippen LogP contribution is -2.23. The second-order valence-electron chi connectivity index (χ2n) is 6.95. The first kappa shape index (κ1) is 15.2. The molecule has 5 heteroatoms. The largest absolute Gasteiger partial charge is 0.339 e. The van der Waals surface area contributed by atoms with Gasteiger partial charge in [0.15, 0.2) is 5.82 Å². The zero-order chi connectivity index (χ0) is 15.7. The van der Waals surface area contributed by atoms with E-state index in [4.69, 9.17) is 4.52 Å². The fraction of sp³-hybridized carbons (Fsp3) is 0.529. The van der Waals surface area contributed by atoms with E-state index in [2.05, 4.69) is 35.8 Å². The first-order valence-corrected chi connectivity index (χ1v) is 7.76. The summed E-state index contributed by atoms with van der Waals surface area (Å²) in [5.41, 5.74) is 0.884. The average Bonchev–Trinajstić information content (AvgIpc) is 3.08. The lowest BCUT2D eigenvalue weighted by atomic mass is 9.97. The summed E-state index contributed by atoms with van der Waals surface area (Å²) in [6.45, 7) is 7.77. The van der Waals surface area contributed by atoms with Crippen molar-refractivity contribution in [2.45, 2.75) is 51.6 Å². The second kappa shape index (κ2) is 5.80. The monoisotopic (exact) mass is 303 g/mol. The lowest BCUT2D eigenvalue weighted by molar-refractivity contribution is 0.237. The Bertz CT molecular complexity index is 647. The van der Waals surface area contributed by atoms with Gasteiger partial charge in [0.1, 0.15) is 5.82 Å². The molecule has 0 aliphatic carbocycles. The molecule has 0 bridgehead atoms. The minimum Gasteiger partial charge on any atom is -0.339 e. The van der Waals surface area contributed by atoms with E-state index in [-0.39, 0.29) is 17.3 Å². The highest BCUT2D eigenvalue weighted by molar-refractivity contribution is 5.21. The first-order chi connectivity index (χ1) is 10.4. The smallest absolute Gasteiger partial charge is 0.232 e. The number of benzene rings is 1. The van der Waals surface area contributed by atoms with Crippen LogP contribution in [0.1, 0.15) is 56.9 Å². The molecule has 1 fully saturated rings. The number of rotatable bonds is 3. The van der Waals surface area contributed by atoms with Crippen molar-refractivity contribution in [1.82, 2.24) is 15.0 Å². The van der Waals surface area contributed by atoms with Gasteiger partial charge < -0.3 is 4.52 Å². The molecule has 1 aliphatic rings. The van der Waals surface area contributed by atoms with Gasteiger partial charge in [0, 0.05) is 11.5 Å². The highest BCUT2D eigenvalue weighted by Gasteiger charge is 2.28. The normalized spacial score (nSPS) is 19.7. The highest BCUT2D eigenvalue weighted by Crippen LogP contribution is 2.33. The van der Waals surface area contributed by atoms with Crippen LogP contribution in [0.15, 0.2) is 28.8 Å². The summed E-state index contributed by atoms with van der Waals surface area (Å²) < 4.78 is 18.8. The third kappa shape index (κ3) is 3.19. The summed E-state index contributed by atoms with van der Waals surface area (Å²) in [5, 5.41) is 4.09. The lowest BCUT2D eigenvalue weighted by Gasteiger charge is -2.23. The quantitative estimate of drug-likeness (QED) is 0.864. The zero-order valence-corrected chi connectivity index (χ0v) is 13.3. The molecule has 22 heavy (non-hydrogen) atoms. The number of hydrogen-bond donors (Lipinski definition) is 0. The third-order valence-electron chi connectivity index (χ3n) is 4.05. The van der Waals surface area contributed by atoms with Gasteiger partial charge >= 0.3 is 0 Å². The number of hydrogen-bond acceptors (Lipinski definition) is 4. The van der Waals surface area contributed by atoms with Crippen molar-refractivity contribution in [1.29, 1.82) is 0 Å². The fourth-order valence-corrected chi connectivity index (χ4v) is 2.91. The number of nitrogens with zero attached hydrogens (tertiary/aromatic N) is 3. The molecule has 0 amide bonds. The highest BCUT2D eigenvalue weighted by atomic mass is 19.1. The van der Waals surface area contributed by atoms with Crippen molar-refractivity contribution in [2.75, 3.05) is 6.54 Å². The van der Waals surface area contributed by atoms with Crippen molar-refractivity contribution in [3.8, 4) is 0 Å². The molecule has 1 aliphatic heterocycles. The van der Waals surface area contributed by atoms with E-state index < -0.39 is 0 Å². The molecule has 1 saturated heterocycles. The summed E-state index contributed by atoms with van der Waals surface area (Å²) in [7, 11) is 0. The van der Waals surface area contributed by atoms with Crippen LogP contribution in [0.4, 0.5) is 4.39 Å². The van der Waals surface area contributed by atoms with Crippen LogP contribution in [0.25, 0.3) is 0 Å². The maximum absolute atomic E-state index is 13.5. The van der Waals surface area contributed by atoms with E-state index in [1.54, 1.807) is 12.1 Å². The first-order valence-electron chi connectivity index (χ1n) is 7.76. The molecule has 3 rings (SSSR count). The van der Waals surface area contributed by atoms with Crippen molar-refractivity contribution < 1.29 is 8.91 Å². The molecule has 0 spiro atoms. The summed E-state index contributed by atoms with van der Waals surface area (Å²) >= 11 is 0. The molecule has 1 aromatic heterocycles. The second-order valence-corrected chi connectivity index (χ2v) is 6.95. The van der Waals surface area contributed by atoms with Gasteiger partial charge in [-0.05, 0) is 37.1 Å². The Labute approximate surface area is 130 Å².